The molecule has 0 aromatic heterocycles. The van der Waals surface area contributed by atoms with Gasteiger partial charge in [-0.15, -0.1) is 0 Å². The van der Waals surface area contributed by atoms with E-state index in [0.717, 1.165) is 103 Å². The van der Waals surface area contributed by atoms with E-state index in [-0.39, 0.29) is 31.1 Å². The summed E-state index contributed by atoms with van der Waals surface area (Å²) in [5, 5.41) is 0. The van der Waals surface area contributed by atoms with Crippen molar-refractivity contribution in [2.75, 3.05) is 13.2 Å². The smallest absolute Gasteiger partial charge is 0.306 e. The van der Waals surface area contributed by atoms with Crippen molar-refractivity contribution in [2.45, 2.75) is 329 Å². The fraction of sp³-hybridized carbons (Fsp3) is 0.803. The molecule has 0 heterocycles. The van der Waals surface area contributed by atoms with Crippen LogP contribution in [-0.2, 0) is 28.6 Å². The van der Waals surface area contributed by atoms with Crippen LogP contribution in [0.3, 0.4) is 0 Å². The molecule has 1 unspecified atom stereocenters. The van der Waals surface area contributed by atoms with Gasteiger partial charge in [0.2, 0.25) is 0 Å². The molecule has 0 amide bonds. The molecule has 6 nitrogen and oxygen atoms in total. The van der Waals surface area contributed by atoms with Crippen molar-refractivity contribution in [2.24, 2.45) is 0 Å². The first kappa shape index (κ1) is 69.1. The van der Waals surface area contributed by atoms with Crippen LogP contribution >= 0.6 is 0 Å². The van der Waals surface area contributed by atoms with E-state index in [4.69, 9.17) is 14.2 Å². The zero-order chi connectivity index (χ0) is 52.2. The molecular formula is C66H118O6. The van der Waals surface area contributed by atoms with Crippen LogP contribution in [0.1, 0.15) is 323 Å². The van der Waals surface area contributed by atoms with Gasteiger partial charge in [0.15, 0.2) is 6.10 Å². The van der Waals surface area contributed by atoms with Gasteiger partial charge in [-0.05, 0) is 83.5 Å². The Balaban J connectivity index is 4.37. The quantitative estimate of drug-likeness (QED) is 0.0261. The van der Waals surface area contributed by atoms with E-state index in [0.29, 0.717) is 19.3 Å². The highest BCUT2D eigenvalue weighted by Crippen LogP contribution is 2.17. The summed E-state index contributed by atoms with van der Waals surface area (Å²) in [5.41, 5.74) is 0. The first-order valence-corrected chi connectivity index (χ1v) is 31.3. The monoisotopic (exact) mass is 1010 g/mol. The Bertz CT molecular complexity index is 1290. The highest BCUT2D eigenvalue weighted by molar-refractivity contribution is 5.71. The predicted molar refractivity (Wildman–Crippen MR) is 312 cm³/mol. The van der Waals surface area contributed by atoms with Gasteiger partial charge < -0.3 is 14.2 Å². The lowest BCUT2D eigenvalue weighted by Crippen LogP contribution is -2.30. The van der Waals surface area contributed by atoms with Crippen molar-refractivity contribution in [3.05, 3.63) is 60.8 Å². The summed E-state index contributed by atoms with van der Waals surface area (Å²) in [7, 11) is 0. The molecule has 0 saturated carbocycles. The third kappa shape index (κ3) is 58.0. The maximum Gasteiger partial charge on any atom is 0.306 e. The minimum Gasteiger partial charge on any atom is -0.462 e. The largest absolute Gasteiger partial charge is 0.462 e. The van der Waals surface area contributed by atoms with Gasteiger partial charge in [-0.25, -0.2) is 0 Å². The SMILES string of the molecule is CC/C=C\C/C=C\C/C=C\C/C=C\CCCCCCCCC(=O)OC(COC(=O)CCCCCCC/C=C\CCCCCCCC)COC(=O)CCCCCCCCCCCCCCCCCCCCCC. The van der Waals surface area contributed by atoms with Gasteiger partial charge >= 0.3 is 17.9 Å². The summed E-state index contributed by atoms with van der Waals surface area (Å²) in [6.07, 6.45) is 76.5. The Kier molecular flexibility index (Phi) is 58.2. The Hall–Kier alpha value is -2.89. The molecule has 0 aliphatic rings. The zero-order valence-electron chi connectivity index (χ0n) is 47.9. The minimum atomic E-state index is -0.784. The van der Waals surface area contributed by atoms with Gasteiger partial charge in [-0.2, -0.15) is 0 Å². The van der Waals surface area contributed by atoms with Crippen LogP contribution in [0.2, 0.25) is 0 Å². The second kappa shape index (κ2) is 60.7. The Labute approximate surface area is 447 Å². The number of unbranched alkanes of at least 4 members (excludes halogenated alkanes) is 36. The molecule has 0 aliphatic heterocycles. The number of carbonyl (C=O) groups is 3. The van der Waals surface area contributed by atoms with E-state index >= 15 is 0 Å². The zero-order valence-corrected chi connectivity index (χ0v) is 47.9. The topological polar surface area (TPSA) is 78.9 Å². The van der Waals surface area contributed by atoms with E-state index in [2.05, 4.69) is 81.5 Å². The molecule has 418 valence electrons. The lowest BCUT2D eigenvalue weighted by atomic mass is 10.0. The first-order chi connectivity index (χ1) is 35.5. The number of carbonyl (C=O) groups excluding carboxylic acids is 3. The molecule has 0 aromatic carbocycles. The van der Waals surface area contributed by atoms with E-state index in [1.807, 2.05) is 0 Å². The van der Waals surface area contributed by atoms with E-state index in [1.54, 1.807) is 0 Å². The summed E-state index contributed by atoms with van der Waals surface area (Å²) >= 11 is 0. The number of hydrogen-bond acceptors (Lipinski definition) is 6. The molecule has 0 N–H and O–H groups in total. The van der Waals surface area contributed by atoms with Gasteiger partial charge in [0.05, 0.1) is 0 Å². The molecule has 0 aromatic rings. The minimum absolute atomic E-state index is 0.0796. The summed E-state index contributed by atoms with van der Waals surface area (Å²) in [5.74, 6) is -0.885. The van der Waals surface area contributed by atoms with Crippen molar-refractivity contribution >= 4 is 17.9 Å². The van der Waals surface area contributed by atoms with Gasteiger partial charge in [-0.1, -0.05) is 281 Å². The number of hydrogen-bond donors (Lipinski definition) is 0. The van der Waals surface area contributed by atoms with Crippen molar-refractivity contribution in [1.82, 2.24) is 0 Å². The maximum atomic E-state index is 12.9. The molecule has 0 radical (unpaired) electrons. The molecule has 72 heavy (non-hydrogen) atoms. The normalized spacial score (nSPS) is 12.4. The van der Waals surface area contributed by atoms with Crippen molar-refractivity contribution in [3.8, 4) is 0 Å². The van der Waals surface area contributed by atoms with Gasteiger partial charge in [0.25, 0.3) is 0 Å². The summed E-state index contributed by atoms with van der Waals surface area (Å²) in [6.45, 7) is 6.55. The Morgan fingerprint density at radius 1 is 0.292 bits per heavy atom. The molecule has 1 atom stereocenters. The molecule has 0 saturated heterocycles. The fourth-order valence-corrected chi connectivity index (χ4v) is 9.08. The van der Waals surface area contributed by atoms with Crippen molar-refractivity contribution in [3.63, 3.8) is 0 Å². The fourth-order valence-electron chi connectivity index (χ4n) is 9.08. The maximum absolute atomic E-state index is 12.9. The number of ether oxygens (including phenoxy) is 3. The lowest BCUT2D eigenvalue weighted by Gasteiger charge is -2.18. The van der Waals surface area contributed by atoms with Crippen molar-refractivity contribution in [1.29, 1.82) is 0 Å². The predicted octanol–water partition coefficient (Wildman–Crippen LogP) is 21.2. The Morgan fingerprint density at radius 3 is 0.861 bits per heavy atom. The van der Waals surface area contributed by atoms with E-state index in [1.165, 1.54) is 180 Å². The second-order valence-electron chi connectivity index (χ2n) is 20.9. The summed E-state index contributed by atoms with van der Waals surface area (Å²) in [4.78, 5) is 38.3. The van der Waals surface area contributed by atoms with Crippen LogP contribution in [-0.4, -0.2) is 37.2 Å². The standard InChI is InChI=1S/C66H118O6/c1-4-7-10-13-16-19-22-25-28-30-32-34-35-38-41-44-47-50-53-56-59-65(68)71-62-63(61-70-64(67)58-55-52-49-46-43-40-37-27-24-21-18-15-12-9-6-3)72-66(69)60-57-54-51-48-45-42-39-36-33-31-29-26-23-20-17-14-11-8-5-2/h8,11,17,20,26-27,29,33,36-37,63H,4-7,9-10,12-16,18-19,21-25,28,30-32,34-35,38-62H2,1-3H3/b11-8-,20-17-,29-26-,36-33-,37-27-. The van der Waals surface area contributed by atoms with Crippen LogP contribution in [0.25, 0.3) is 0 Å². The second-order valence-corrected chi connectivity index (χ2v) is 20.9. The third-order valence-corrected chi connectivity index (χ3v) is 13.8. The van der Waals surface area contributed by atoms with E-state index < -0.39 is 6.10 Å². The Morgan fingerprint density at radius 2 is 0.542 bits per heavy atom. The molecule has 0 fully saturated rings. The molecule has 0 spiro atoms. The van der Waals surface area contributed by atoms with Crippen LogP contribution in [0.4, 0.5) is 0 Å². The summed E-state index contributed by atoms with van der Waals surface area (Å²) < 4.78 is 16.9. The average molecular weight is 1010 g/mol. The van der Waals surface area contributed by atoms with Crippen molar-refractivity contribution < 1.29 is 28.6 Å². The van der Waals surface area contributed by atoms with Crippen LogP contribution in [0.5, 0.6) is 0 Å². The highest BCUT2D eigenvalue weighted by atomic mass is 16.6. The first-order valence-electron chi connectivity index (χ1n) is 31.3. The van der Waals surface area contributed by atoms with Crippen LogP contribution in [0, 0.1) is 0 Å². The van der Waals surface area contributed by atoms with Gasteiger partial charge in [0.1, 0.15) is 13.2 Å². The molecular weight excluding hydrogens is 889 g/mol. The summed E-state index contributed by atoms with van der Waals surface area (Å²) in [6, 6.07) is 0. The molecule has 0 rings (SSSR count). The molecule has 0 aliphatic carbocycles. The van der Waals surface area contributed by atoms with Gasteiger partial charge in [-0.3, -0.25) is 14.4 Å². The van der Waals surface area contributed by atoms with E-state index in [9.17, 15) is 14.4 Å². The number of esters is 3. The van der Waals surface area contributed by atoms with Crippen LogP contribution < -0.4 is 0 Å². The van der Waals surface area contributed by atoms with Crippen LogP contribution in [0.15, 0.2) is 60.8 Å². The lowest BCUT2D eigenvalue weighted by molar-refractivity contribution is -0.167. The third-order valence-electron chi connectivity index (χ3n) is 13.8. The van der Waals surface area contributed by atoms with Gasteiger partial charge in [0, 0.05) is 19.3 Å². The highest BCUT2D eigenvalue weighted by Gasteiger charge is 2.19. The molecule has 0 bridgehead atoms. The number of rotatable bonds is 57. The number of allylic oxidation sites excluding steroid dienone is 10. The molecule has 6 heteroatoms. The average Bonchev–Trinajstić information content (AvgIpc) is 3.38.